The first-order valence-corrected chi connectivity index (χ1v) is 9.16. The van der Waals surface area contributed by atoms with Crippen LogP contribution in [0.2, 0.25) is 5.02 Å². The van der Waals surface area contributed by atoms with E-state index in [9.17, 15) is 9.59 Å². The predicted octanol–water partition coefficient (Wildman–Crippen LogP) is 3.60. The van der Waals surface area contributed by atoms with Crippen LogP contribution in [0.3, 0.4) is 0 Å². The zero-order chi connectivity index (χ0) is 18.8. The number of fused-ring (bicyclic) bond motifs is 1. The number of nitrogens with zero attached hydrogens (tertiary/aromatic N) is 1. The highest BCUT2D eigenvalue weighted by Gasteiger charge is 2.26. The third kappa shape index (κ3) is 3.57. The van der Waals surface area contributed by atoms with Crippen molar-refractivity contribution in [3.8, 4) is 11.5 Å². The van der Waals surface area contributed by atoms with Crippen molar-refractivity contribution in [1.82, 2.24) is 0 Å². The zero-order valence-electron chi connectivity index (χ0n) is 14.6. The quantitative estimate of drug-likeness (QED) is 0.750. The summed E-state index contributed by atoms with van der Waals surface area (Å²) in [5, 5.41) is 0.418. The van der Waals surface area contributed by atoms with Gasteiger partial charge in [-0.15, -0.1) is 0 Å². The van der Waals surface area contributed by atoms with Crippen molar-refractivity contribution in [2.45, 2.75) is 19.4 Å². The van der Waals surface area contributed by atoms with E-state index in [4.69, 9.17) is 25.8 Å². The van der Waals surface area contributed by atoms with Crippen LogP contribution in [0.15, 0.2) is 36.4 Å². The molecule has 0 spiro atoms. The van der Waals surface area contributed by atoms with E-state index in [1.54, 1.807) is 41.3 Å². The topological polar surface area (TPSA) is 65.1 Å². The average Bonchev–Trinajstić information content (AvgIpc) is 3.12. The lowest BCUT2D eigenvalue weighted by Gasteiger charge is -2.20. The minimum Gasteiger partial charge on any atom is -0.486 e. The highest BCUT2D eigenvalue weighted by molar-refractivity contribution is 6.32. The Hall–Kier alpha value is -2.73. The second-order valence-electron chi connectivity index (χ2n) is 6.34. The largest absolute Gasteiger partial charge is 0.486 e. The van der Waals surface area contributed by atoms with Crippen molar-refractivity contribution in [1.29, 1.82) is 0 Å². The van der Waals surface area contributed by atoms with E-state index in [1.807, 2.05) is 0 Å². The second kappa shape index (κ2) is 7.48. The third-order valence-electron chi connectivity index (χ3n) is 4.51. The van der Waals surface area contributed by atoms with Gasteiger partial charge in [0.2, 0.25) is 5.91 Å². The first-order valence-electron chi connectivity index (χ1n) is 8.78. The van der Waals surface area contributed by atoms with Crippen LogP contribution < -0.4 is 14.4 Å². The highest BCUT2D eigenvalue weighted by atomic mass is 35.5. The number of hydrogen-bond acceptors (Lipinski definition) is 5. The Bertz CT molecular complexity index is 898. The van der Waals surface area contributed by atoms with E-state index in [2.05, 4.69) is 0 Å². The molecule has 6 nitrogen and oxygen atoms in total. The van der Waals surface area contributed by atoms with Gasteiger partial charge in [0.15, 0.2) is 11.5 Å². The molecule has 2 heterocycles. The molecule has 4 rings (SSSR count). The smallest absolute Gasteiger partial charge is 0.340 e. The monoisotopic (exact) mass is 387 g/mol. The number of anilines is 1. The normalized spacial score (nSPS) is 15.7. The van der Waals surface area contributed by atoms with Crippen LogP contribution >= 0.6 is 11.6 Å². The molecule has 1 fully saturated rings. The SMILES string of the molecule is O=C(OCc1cc(Cl)c2c(c1)OCCO2)c1ccccc1N1CCCC1=O. The molecule has 140 valence electrons. The summed E-state index contributed by atoms with van der Waals surface area (Å²) in [6.07, 6.45) is 1.29. The van der Waals surface area contributed by atoms with Crippen LogP contribution in [-0.2, 0) is 16.1 Å². The lowest BCUT2D eigenvalue weighted by Crippen LogP contribution is -2.26. The minimum absolute atomic E-state index is 0.0221. The van der Waals surface area contributed by atoms with Gasteiger partial charge >= 0.3 is 5.97 Å². The maximum absolute atomic E-state index is 12.6. The van der Waals surface area contributed by atoms with E-state index in [0.29, 0.717) is 59.5 Å². The summed E-state index contributed by atoms with van der Waals surface area (Å²) in [5.74, 6) is 0.587. The molecular weight excluding hydrogens is 370 g/mol. The van der Waals surface area contributed by atoms with Gasteiger partial charge in [-0.25, -0.2) is 4.79 Å². The lowest BCUT2D eigenvalue weighted by atomic mass is 10.1. The van der Waals surface area contributed by atoms with Crippen LogP contribution in [0.5, 0.6) is 11.5 Å². The molecule has 0 unspecified atom stereocenters. The van der Waals surface area contributed by atoms with E-state index < -0.39 is 5.97 Å². The van der Waals surface area contributed by atoms with Gasteiger partial charge in [-0.3, -0.25) is 4.79 Å². The standard InChI is InChI=1S/C20H18ClNO5/c21-15-10-13(11-17-19(15)26-9-8-25-17)12-27-20(24)14-4-1-2-5-16(14)22-7-3-6-18(22)23/h1-2,4-5,10-11H,3,6-9,12H2. The number of halogens is 1. The number of amides is 1. The summed E-state index contributed by atoms with van der Waals surface area (Å²) in [6, 6.07) is 10.4. The van der Waals surface area contributed by atoms with Gasteiger partial charge in [-0.2, -0.15) is 0 Å². The summed E-state index contributed by atoms with van der Waals surface area (Å²) >= 11 is 6.22. The number of carbonyl (C=O) groups excluding carboxylic acids is 2. The van der Waals surface area contributed by atoms with Crippen molar-refractivity contribution >= 4 is 29.2 Å². The molecule has 2 aromatic carbocycles. The maximum atomic E-state index is 12.6. The van der Waals surface area contributed by atoms with Gasteiger partial charge < -0.3 is 19.1 Å². The average molecular weight is 388 g/mol. The fourth-order valence-corrected chi connectivity index (χ4v) is 3.55. The molecule has 0 aliphatic carbocycles. The molecule has 0 radical (unpaired) electrons. The van der Waals surface area contributed by atoms with Crippen LogP contribution in [-0.4, -0.2) is 31.6 Å². The Labute approximate surface area is 161 Å². The van der Waals surface area contributed by atoms with Gasteiger partial charge in [0.1, 0.15) is 19.8 Å². The van der Waals surface area contributed by atoms with Crippen molar-refractivity contribution in [3.05, 3.63) is 52.5 Å². The molecule has 7 heteroatoms. The number of hydrogen-bond donors (Lipinski definition) is 0. The second-order valence-corrected chi connectivity index (χ2v) is 6.75. The van der Waals surface area contributed by atoms with E-state index in [0.717, 1.165) is 6.42 Å². The maximum Gasteiger partial charge on any atom is 0.340 e. The van der Waals surface area contributed by atoms with Gasteiger partial charge in [0, 0.05) is 13.0 Å². The molecule has 2 aliphatic rings. The van der Waals surface area contributed by atoms with Crippen molar-refractivity contribution in [2.75, 3.05) is 24.7 Å². The summed E-state index contributed by atoms with van der Waals surface area (Å²) in [5.41, 5.74) is 1.66. The first-order chi connectivity index (χ1) is 13.1. The number of benzene rings is 2. The Morgan fingerprint density at radius 2 is 2.00 bits per heavy atom. The molecule has 0 N–H and O–H groups in total. The number of rotatable bonds is 4. The van der Waals surface area contributed by atoms with E-state index >= 15 is 0 Å². The Balaban J connectivity index is 1.51. The summed E-state index contributed by atoms with van der Waals surface area (Å²) < 4.78 is 16.5. The fourth-order valence-electron chi connectivity index (χ4n) is 3.26. The number of carbonyl (C=O) groups is 2. The van der Waals surface area contributed by atoms with Gasteiger partial charge in [0.25, 0.3) is 0 Å². The van der Waals surface area contributed by atoms with Gasteiger partial charge in [-0.1, -0.05) is 23.7 Å². The zero-order valence-corrected chi connectivity index (χ0v) is 15.3. The fraction of sp³-hybridized carbons (Fsp3) is 0.300. The molecule has 0 bridgehead atoms. The summed E-state index contributed by atoms with van der Waals surface area (Å²) in [7, 11) is 0. The van der Waals surface area contributed by atoms with Crippen LogP contribution in [0, 0.1) is 0 Å². The lowest BCUT2D eigenvalue weighted by molar-refractivity contribution is -0.117. The molecule has 0 aromatic heterocycles. The van der Waals surface area contributed by atoms with E-state index in [1.165, 1.54) is 0 Å². The molecule has 1 saturated heterocycles. The number of esters is 1. The predicted molar refractivity (Wildman–Crippen MR) is 99.6 cm³/mol. The van der Waals surface area contributed by atoms with Crippen molar-refractivity contribution in [3.63, 3.8) is 0 Å². The first kappa shape index (κ1) is 17.7. The Kier molecular flexibility index (Phi) is 4.90. The van der Waals surface area contributed by atoms with Crippen LogP contribution in [0.1, 0.15) is 28.8 Å². The van der Waals surface area contributed by atoms with Gasteiger partial charge in [-0.05, 0) is 36.2 Å². The highest BCUT2D eigenvalue weighted by Crippen LogP contribution is 2.38. The minimum atomic E-state index is -0.490. The molecule has 2 aliphatic heterocycles. The van der Waals surface area contributed by atoms with Crippen LogP contribution in [0.4, 0.5) is 5.69 Å². The van der Waals surface area contributed by atoms with Crippen molar-refractivity contribution < 1.29 is 23.8 Å². The van der Waals surface area contributed by atoms with E-state index in [-0.39, 0.29) is 12.5 Å². The summed E-state index contributed by atoms with van der Waals surface area (Å²) in [4.78, 5) is 26.3. The molecule has 27 heavy (non-hydrogen) atoms. The van der Waals surface area contributed by atoms with Gasteiger partial charge in [0.05, 0.1) is 16.3 Å². The molecule has 1 amide bonds. The Morgan fingerprint density at radius 1 is 1.19 bits per heavy atom. The summed E-state index contributed by atoms with van der Waals surface area (Å²) in [6.45, 7) is 1.55. The number of ether oxygens (including phenoxy) is 3. The molecule has 0 saturated carbocycles. The van der Waals surface area contributed by atoms with Crippen molar-refractivity contribution in [2.24, 2.45) is 0 Å². The molecule has 0 atom stereocenters. The Morgan fingerprint density at radius 3 is 2.81 bits per heavy atom. The van der Waals surface area contributed by atoms with Crippen LogP contribution in [0.25, 0.3) is 0 Å². The number of para-hydroxylation sites is 1. The third-order valence-corrected chi connectivity index (χ3v) is 4.80. The molecular formula is C20H18ClNO5. The molecule has 2 aromatic rings.